The Morgan fingerprint density at radius 2 is 1.95 bits per heavy atom. The maximum Gasteiger partial charge on any atom is 0.244 e. The Morgan fingerprint density at radius 3 is 2.57 bits per heavy atom. The van der Waals surface area contributed by atoms with E-state index in [2.05, 4.69) is 14.9 Å². The van der Waals surface area contributed by atoms with Crippen molar-refractivity contribution in [1.29, 1.82) is 0 Å². The third kappa shape index (κ3) is 4.03. The molecule has 1 aromatic heterocycles. The molecule has 0 aliphatic heterocycles. The van der Waals surface area contributed by atoms with Crippen molar-refractivity contribution in [3.05, 3.63) is 53.4 Å². The molecule has 5 nitrogen and oxygen atoms in total. The van der Waals surface area contributed by atoms with E-state index in [1.54, 1.807) is 13.8 Å². The molecule has 2 N–H and O–H groups in total. The van der Waals surface area contributed by atoms with E-state index in [9.17, 15) is 8.42 Å². The van der Waals surface area contributed by atoms with Crippen molar-refractivity contribution in [2.75, 3.05) is 6.54 Å². The third-order valence-corrected chi connectivity index (χ3v) is 4.77. The molecule has 1 aromatic carbocycles. The summed E-state index contributed by atoms with van der Waals surface area (Å²) < 4.78 is 26.9. The Morgan fingerprint density at radius 1 is 1.24 bits per heavy atom. The van der Waals surface area contributed by atoms with Crippen LogP contribution in [0.1, 0.15) is 23.4 Å². The Labute approximate surface area is 125 Å². The summed E-state index contributed by atoms with van der Waals surface area (Å²) in [5.41, 5.74) is 2.14. The van der Waals surface area contributed by atoms with E-state index in [0.717, 1.165) is 5.56 Å². The van der Waals surface area contributed by atoms with E-state index in [0.29, 0.717) is 24.4 Å². The number of hydrogen-bond acceptors (Lipinski definition) is 3. The number of H-pyrrole nitrogens is 1. The SMILES string of the molecule is Cc1n[nH]c(C)c1S(=O)(=O)NCC/C=C/c1ccccc1. The molecule has 0 aliphatic carbocycles. The van der Waals surface area contributed by atoms with E-state index < -0.39 is 10.0 Å². The second-order valence-corrected chi connectivity index (χ2v) is 6.47. The maximum absolute atomic E-state index is 12.2. The lowest BCUT2D eigenvalue weighted by atomic mass is 10.2. The topological polar surface area (TPSA) is 74.8 Å². The highest BCUT2D eigenvalue weighted by Gasteiger charge is 2.21. The number of benzene rings is 1. The molecule has 0 aliphatic rings. The molecule has 0 spiro atoms. The number of nitrogens with zero attached hydrogens (tertiary/aromatic N) is 1. The van der Waals surface area contributed by atoms with E-state index in [-0.39, 0.29) is 4.90 Å². The summed E-state index contributed by atoms with van der Waals surface area (Å²) >= 11 is 0. The Kier molecular flexibility index (Phi) is 4.93. The smallest absolute Gasteiger partial charge is 0.244 e. The van der Waals surface area contributed by atoms with Gasteiger partial charge < -0.3 is 0 Å². The van der Waals surface area contributed by atoms with Gasteiger partial charge in [-0.05, 0) is 25.8 Å². The fraction of sp³-hybridized carbons (Fsp3) is 0.267. The van der Waals surface area contributed by atoms with E-state index in [1.165, 1.54) is 0 Å². The van der Waals surface area contributed by atoms with Gasteiger partial charge in [-0.25, -0.2) is 13.1 Å². The molecule has 0 saturated carbocycles. The molecule has 0 fully saturated rings. The highest BCUT2D eigenvalue weighted by Crippen LogP contribution is 2.16. The zero-order valence-corrected chi connectivity index (χ0v) is 12.9. The van der Waals surface area contributed by atoms with Gasteiger partial charge in [0.2, 0.25) is 10.0 Å². The maximum atomic E-state index is 12.2. The fourth-order valence-electron chi connectivity index (χ4n) is 2.07. The zero-order chi connectivity index (χ0) is 15.3. The molecule has 0 amide bonds. The van der Waals surface area contributed by atoms with Crippen molar-refractivity contribution in [1.82, 2.24) is 14.9 Å². The number of sulfonamides is 1. The van der Waals surface area contributed by atoms with E-state index in [4.69, 9.17) is 0 Å². The summed E-state index contributed by atoms with van der Waals surface area (Å²) in [6.07, 6.45) is 4.56. The minimum Gasteiger partial charge on any atom is -0.281 e. The standard InChI is InChI=1S/C15H19N3O2S/c1-12-15(13(2)18-17-12)21(19,20)16-11-7-6-10-14-8-4-3-5-9-14/h3-6,8-10,16H,7,11H2,1-2H3,(H,17,18)/b10-6+. The van der Waals surface area contributed by atoms with Gasteiger partial charge >= 0.3 is 0 Å². The van der Waals surface area contributed by atoms with Crippen LogP contribution in [-0.4, -0.2) is 25.2 Å². The lowest BCUT2D eigenvalue weighted by molar-refractivity contribution is 0.581. The van der Waals surface area contributed by atoms with Crippen LogP contribution in [0.2, 0.25) is 0 Å². The first-order valence-corrected chi connectivity index (χ1v) is 8.22. The third-order valence-electron chi connectivity index (χ3n) is 3.04. The summed E-state index contributed by atoms with van der Waals surface area (Å²) in [6, 6.07) is 9.89. The van der Waals surface area contributed by atoms with Crippen LogP contribution < -0.4 is 4.72 Å². The number of aromatic nitrogens is 2. The van der Waals surface area contributed by atoms with Gasteiger partial charge in [-0.3, -0.25) is 5.10 Å². The molecule has 2 rings (SSSR count). The monoisotopic (exact) mass is 305 g/mol. The Balaban J connectivity index is 1.90. The summed E-state index contributed by atoms with van der Waals surface area (Å²) in [4.78, 5) is 0.245. The van der Waals surface area contributed by atoms with Crippen LogP contribution in [0, 0.1) is 13.8 Å². The number of rotatable bonds is 6. The van der Waals surface area contributed by atoms with Crippen LogP contribution in [0.3, 0.4) is 0 Å². The minimum absolute atomic E-state index is 0.245. The highest BCUT2D eigenvalue weighted by atomic mass is 32.2. The molecule has 0 atom stereocenters. The van der Waals surface area contributed by atoms with Crippen molar-refractivity contribution >= 4 is 16.1 Å². The lowest BCUT2D eigenvalue weighted by Gasteiger charge is -2.05. The molecule has 0 unspecified atom stereocenters. The molecule has 2 aromatic rings. The van der Waals surface area contributed by atoms with Crippen LogP contribution in [0.15, 0.2) is 41.3 Å². The van der Waals surface area contributed by atoms with E-state index in [1.807, 2.05) is 42.5 Å². The summed E-state index contributed by atoms with van der Waals surface area (Å²) in [5, 5.41) is 6.59. The zero-order valence-electron chi connectivity index (χ0n) is 12.1. The van der Waals surface area contributed by atoms with Crippen molar-refractivity contribution < 1.29 is 8.42 Å². The molecule has 0 saturated heterocycles. The van der Waals surface area contributed by atoms with Crippen LogP contribution in [0.5, 0.6) is 0 Å². The van der Waals surface area contributed by atoms with Gasteiger partial charge in [0, 0.05) is 6.54 Å². The van der Waals surface area contributed by atoms with Crippen molar-refractivity contribution in [3.63, 3.8) is 0 Å². The van der Waals surface area contributed by atoms with Crippen molar-refractivity contribution in [2.24, 2.45) is 0 Å². The lowest BCUT2D eigenvalue weighted by Crippen LogP contribution is -2.25. The predicted octanol–water partition coefficient (Wildman–Crippen LogP) is 2.41. The van der Waals surface area contributed by atoms with Gasteiger partial charge in [0.25, 0.3) is 0 Å². The fourth-order valence-corrected chi connectivity index (χ4v) is 3.48. The number of nitrogens with one attached hydrogen (secondary N) is 2. The van der Waals surface area contributed by atoms with Crippen LogP contribution in [0.25, 0.3) is 6.08 Å². The van der Waals surface area contributed by atoms with Gasteiger partial charge in [-0.1, -0.05) is 42.5 Å². The second kappa shape index (κ2) is 6.69. The molecule has 0 radical (unpaired) electrons. The quantitative estimate of drug-likeness (QED) is 0.805. The molecule has 6 heteroatoms. The first-order valence-electron chi connectivity index (χ1n) is 6.73. The molecular weight excluding hydrogens is 286 g/mol. The first-order chi connectivity index (χ1) is 10.0. The van der Waals surface area contributed by atoms with Gasteiger partial charge in [-0.15, -0.1) is 0 Å². The number of hydrogen-bond donors (Lipinski definition) is 2. The van der Waals surface area contributed by atoms with Gasteiger partial charge in [0.15, 0.2) is 0 Å². The van der Waals surface area contributed by atoms with Crippen LogP contribution in [-0.2, 0) is 10.0 Å². The average Bonchev–Trinajstić information content (AvgIpc) is 2.79. The largest absolute Gasteiger partial charge is 0.281 e. The second-order valence-electron chi connectivity index (χ2n) is 4.76. The first kappa shape index (κ1) is 15.5. The predicted molar refractivity (Wildman–Crippen MR) is 83.3 cm³/mol. The Bertz CT molecular complexity index is 699. The van der Waals surface area contributed by atoms with Crippen molar-refractivity contribution in [2.45, 2.75) is 25.2 Å². The van der Waals surface area contributed by atoms with Crippen LogP contribution in [0.4, 0.5) is 0 Å². The van der Waals surface area contributed by atoms with Crippen molar-refractivity contribution in [3.8, 4) is 0 Å². The minimum atomic E-state index is -3.50. The summed E-state index contributed by atoms with van der Waals surface area (Å²) in [6.45, 7) is 3.73. The van der Waals surface area contributed by atoms with Crippen LogP contribution >= 0.6 is 0 Å². The molecule has 21 heavy (non-hydrogen) atoms. The van der Waals surface area contributed by atoms with Gasteiger partial charge in [0.05, 0.1) is 11.4 Å². The number of aryl methyl sites for hydroxylation is 2. The van der Waals surface area contributed by atoms with E-state index >= 15 is 0 Å². The highest BCUT2D eigenvalue weighted by molar-refractivity contribution is 7.89. The van der Waals surface area contributed by atoms with Gasteiger partial charge in [0.1, 0.15) is 4.90 Å². The average molecular weight is 305 g/mol. The molecule has 0 bridgehead atoms. The van der Waals surface area contributed by atoms with Gasteiger partial charge in [-0.2, -0.15) is 5.10 Å². The Hall–Kier alpha value is -1.92. The normalized spacial score (nSPS) is 12.1. The molecule has 1 heterocycles. The summed E-state index contributed by atoms with van der Waals surface area (Å²) in [7, 11) is -3.50. The molecular formula is C15H19N3O2S. The molecule has 112 valence electrons. The summed E-state index contributed by atoms with van der Waals surface area (Å²) in [5.74, 6) is 0. The number of aromatic amines is 1.